The zero-order chi connectivity index (χ0) is 11.8. The van der Waals surface area contributed by atoms with Crippen LogP contribution in [-0.4, -0.2) is 5.91 Å². The maximum atomic E-state index is 11.7. The number of fused-ring (bicyclic) bond motifs is 1. The van der Waals surface area contributed by atoms with Gasteiger partial charge in [0.15, 0.2) is 0 Å². The molecule has 0 saturated heterocycles. The fourth-order valence-corrected chi connectivity index (χ4v) is 2.67. The second kappa shape index (κ2) is 4.04. The summed E-state index contributed by atoms with van der Waals surface area (Å²) in [4.78, 5) is 11.7. The fraction of sp³-hybridized carbons (Fsp3) is 0.154. The Hall–Kier alpha value is -1.55. The summed E-state index contributed by atoms with van der Waals surface area (Å²) < 4.78 is 6.33. The summed E-state index contributed by atoms with van der Waals surface area (Å²) >= 11 is 3.45. The lowest BCUT2D eigenvalue weighted by Crippen LogP contribution is -2.23. The van der Waals surface area contributed by atoms with E-state index >= 15 is 0 Å². The van der Waals surface area contributed by atoms with Crippen LogP contribution in [0, 0.1) is 0 Å². The molecule has 0 spiro atoms. The van der Waals surface area contributed by atoms with Gasteiger partial charge >= 0.3 is 0 Å². The highest BCUT2D eigenvalue weighted by molar-refractivity contribution is 9.10. The number of carbonyl (C=O) groups excluding carboxylic acids is 1. The molecule has 86 valence electrons. The van der Waals surface area contributed by atoms with Gasteiger partial charge in [-0.3, -0.25) is 4.79 Å². The molecule has 1 unspecified atom stereocenters. The third-order valence-corrected chi connectivity index (χ3v) is 3.62. The summed E-state index contributed by atoms with van der Waals surface area (Å²) in [5, 5.41) is 2.89. The SMILES string of the molecule is O=C1CC(c2ccco2)c2cccc(Br)c2N1. The Morgan fingerprint density at radius 2 is 2.18 bits per heavy atom. The van der Waals surface area contributed by atoms with Crippen molar-refractivity contribution in [3.05, 3.63) is 52.4 Å². The molecule has 1 aliphatic rings. The van der Waals surface area contributed by atoms with E-state index in [-0.39, 0.29) is 11.8 Å². The van der Waals surface area contributed by atoms with Crippen LogP contribution in [0.5, 0.6) is 0 Å². The summed E-state index contributed by atoms with van der Waals surface area (Å²) in [5.74, 6) is 0.858. The molecule has 2 heterocycles. The molecule has 0 bridgehead atoms. The van der Waals surface area contributed by atoms with Gasteiger partial charge in [0.25, 0.3) is 0 Å². The second-order valence-corrected chi connectivity index (χ2v) is 4.88. The van der Waals surface area contributed by atoms with Crippen molar-refractivity contribution in [3.63, 3.8) is 0 Å². The van der Waals surface area contributed by atoms with Crippen molar-refractivity contribution in [1.82, 2.24) is 0 Å². The minimum absolute atomic E-state index is 0.00579. The Labute approximate surface area is 107 Å². The number of nitrogens with one attached hydrogen (secondary N) is 1. The first kappa shape index (κ1) is 10.6. The lowest BCUT2D eigenvalue weighted by molar-refractivity contribution is -0.116. The second-order valence-electron chi connectivity index (χ2n) is 4.02. The number of anilines is 1. The quantitative estimate of drug-likeness (QED) is 0.874. The number of amides is 1. The molecule has 1 aromatic carbocycles. The number of carbonyl (C=O) groups is 1. The van der Waals surface area contributed by atoms with Crippen molar-refractivity contribution in [1.29, 1.82) is 0 Å². The monoisotopic (exact) mass is 291 g/mol. The molecule has 1 aromatic heterocycles. The van der Waals surface area contributed by atoms with Gasteiger partial charge in [-0.15, -0.1) is 0 Å². The van der Waals surface area contributed by atoms with Crippen molar-refractivity contribution in [2.45, 2.75) is 12.3 Å². The maximum absolute atomic E-state index is 11.7. The number of hydrogen-bond acceptors (Lipinski definition) is 2. The Kier molecular flexibility index (Phi) is 2.52. The summed E-state index contributed by atoms with van der Waals surface area (Å²) in [7, 11) is 0. The van der Waals surface area contributed by atoms with Crippen LogP contribution in [-0.2, 0) is 4.79 Å². The molecule has 0 aliphatic carbocycles. The van der Waals surface area contributed by atoms with Gasteiger partial charge in [-0.25, -0.2) is 0 Å². The topological polar surface area (TPSA) is 42.2 Å². The van der Waals surface area contributed by atoms with Crippen molar-refractivity contribution >= 4 is 27.5 Å². The summed E-state index contributed by atoms with van der Waals surface area (Å²) in [6, 6.07) is 9.67. The average molecular weight is 292 g/mol. The molecule has 0 fully saturated rings. The lowest BCUT2D eigenvalue weighted by Gasteiger charge is -2.25. The molecule has 3 nitrogen and oxygen atoms in total. The van der Waals surface area contributed by atoms with E-state index in [1.807, 2.05) is 30.3 Å². The zero-order valence-electron chi connectivity index (χ0n) is 8.94. The lowest BCUT2D eigenvalue weighted by atomic mass is 9.89. The number of furan rings is 1. The van der Waals surface area contributed by atoms with Crippen molar-refractivity contribution < 1.29 is 9.21 Å². The Morgan fingerprint density at radius 3 is 2.94 bits per heavy atom. The van der Waals surface area contributed by atoms with Gasteiger partial charge in [0.2, 0.25) is 5.91 Å². The molecule has 0 saturated carbocycles. The number of benzene rings is 1. The normalized spacial score (nSPS) is 18.6. The van der Waals surface area contributed by atoms with E-state index in [1.54, 1.807) is 6.26 Å². The molecule has 1 atom stereocenters. The van der Waals surface area contributed by atoms with Crippen LogP contribution >= 0.6 is 15.9 Å². The number of rotatable bonds is 1. The first-order valence-corrected chi connectivity index (χ1v) is 6.16. The molecule has 2 aromatic rings. The molecule has 1 amide bonds. The van der Waals surface area contributed by atoms with Gasteiger partial charge in [-0.2, -0.15) is 0 Å². The van der Waals surface area contributed by atoms with Crippen LogP contribution in [0.25, 0.3) is 0 Å². The molecular formula is C13H10BrNO2. The molecule has 17 heavy (non-hydrogen) atoms. The Bertz CT molecular complexity index is 563. The largest absolute Gasteiger partial charge is 0.469 e. The van der Waals surface area contributed by atoms with Crippen LogP contribution in [0.2, 0.25) is 0 Å². The van der Waals surface area contributed by atoms with E-state index in [2.05, 4.69) is 21.2 Å². The van der Waals surface area contributed by atoms with Crippen LogP contribution in [0.15, 0.2) is 45.5 Å². The van der Waals surface area contributed by atoms with Crippen LogP contribution in [0.4, 0.5) is 5.69 Å². The van der Waals surface area contributed by atoms with E-state index in [0.717, 1.165) is 21.5 Å². The average Bonchev–Trinajstić information content (AvgIpc) is 2.83. The minimum Gasteiger partial charge on any atom is -0.469 e. The van der Waals surface area contributed by atoms with Gasteiger partial charge in [0.05, 0.1) is 17.9 Å². The van der Waals surface area contributed by atoms with Crippen LogP contribution in [0.3, 0.4) is 0 Å². The van der Waals surface area contributed by atoms with Crippen molar-refractivity contribution in [3.8, 4) is 0 Å². The molecule has 1 aliphatic heterocycles. The first-order valence-electron chi connectivity index (χ1n) is 5.37. The minimum atomic E-state index is 0.00579. The highest BCUT2D eigenvalue weighted by Crippen LogP contribution is 2.40. The molecular weight excluding hydrogens is 282 g/mol. The van der Waals surface area contributed by atoms with E-state index in [9.17, 15) is 4.79 Å². The maximum Gasteiger partial charge on any atom is 0.225 e. The highest BCUT2D eigenvalue weighted by Gasteiger charge is 2.29. The third kappa shape index (κ3) is 1.78. The van der Waals surface area contributed by atoms with Gasteiger partial charge in [-0.1, -0.05) is 12.1 Å². The summed E-state index contributed by atoms with van der Waals surface area (Å²) in [6.07, 6.45) is 2.07. The van der Waals surface area contributed by atoms with E-state index in [4.69, 9.17) is 4.42 Å². The predicted molar refractivity (Wildman–Crippen MR) is 67.9 cm³/mol. The highest BCUT2D eigenvalue weighted by atomic mass is 79.9. The number of hydrogen-bond donors (Lipinski definition) is 1. The molecule has 3 rings (SSSR count). The van der Waals surface area contributed by atoms with Crippen molar-refractivity contribution in [2.24, 2.45) is 0 Å². The molecule has 0 radical (unpaired) electrons. The van der Waals surface area contributed by atoms with Gasteiger partial charge in [0, 0.05) is 10.9 Å². The van der Waals surface area contributed by atoms with Crippen molar-refractivity contribution in [2.75, 3.05) is 5.32 Å². The zero-order valence-corrected chi connectivity index (χ0v) is 10.5. The molecule has 4 heteroatoms. The van der Waals surface area contributed by atoms with Crippen LogP contribution in [0.1, 0.15) is 23.7 Å². The van der Waals surface area contributed by atoms with Gasteiger partial charge in [0.1, 0.15) is 5.76 Å². The van der Waals surface area contributed by atoms with Gasteiger partial charge in [-0.05, 0) is 39.7 Å². The standard InChI is InChI=1S/C13H10BrNO2/c14-10-4-1-3-8-9(11-5-2-6-17-11)7-12(16)15-13(8)10/h1-6,9H,7H2,(H,15,16). The Morgan fingerprint density at radius 1 is 1.29 bits per heavy atom. The fourth-order valence-electron chi connectivity index (χ4n) is 2.19. The van der Waals surface area contributed by atoms with E-state index in [1.165, 1.54) is 0 Å². The van der Waals surface area contributed by atoms with E-state index < -0.39 is 0 Å². The number of para-hydroxylation sites is 1. The van der Waals surface area contributed by atoms with E-state index in [0.29, 0.717) is 6.42 Å². The first-order chi connectivity index (χ1) is 8.25. The third-order valence-electron chi connectivity index (χ3n) is 2.96. The summed E-state index contributed by atoms with van der Waals surface area (Å²) in [6.45, 7) is 0. The molecule has 1 N–H and O–H groups in total. The smallest absolute Gasteiger partial charge is 0.225 e. The predicted octanol–water partition coefficient (Wildman–Crippen LogP) is 3.52. The number of halogens is 1. The van der Waals surface area contributed by atoms with Crippen LogP contribution < -0.4 is 5.32 Å². The summed E-state index contributed by atoms with van der Waals surface area (Å²) in [5.41, 5.74) is 1.94. The Balaban J connectivity index is 2.15. The van der Waals surface area contributed by atoms with Gasteiger partial charge < -0.3 is 9.73 Å².